The van der Waals surface area contributed by atoms with Crippen LogP contribution in [0, 0.1) is 0 Å². The molecule has 96 valence electrons. The van der Waals surface area contributed by atoms with Gasteiger partial charge in [-0.3, -0.25) is 0 Å². The van der Waals surface area contributed by atoms with Crippen molar-refractivity contribution in [2.45, 2.75) is 36.5 Å². The molecule has 3 nitrogen and oxygen atoms in total. The Balaban J connectivity index is 2.97. The number of ether oxygens (including phenoxy) is 1. The van der Waals surface area contributed by atoms with Crippen molar-refractivity contribution in [3.05, 3.63) is 23.8 Å². The van der Waals surface area contributed by atoms with Crippen LogP contribution in [-0.2, 0) is 0 Å². The van der Waals surface area contributed by atoms with Gasteiger partial charge in [0.1, 0.15) is 5.75 Å². The lowest BCUT2D eigenvalue weighted by Gasteiger charge is -2.18. The fraction of sp³-hybridized carbons (Fsp3) is 0.538. The molecular weight excluding hydrogens is 234 g/mol. The lowest BCUT2D eigenvalue weighted by atomic mass is 10.1. The Morgan fingerprint density at radius 1 is 1.41 bits per heavy atom. The van der Waals surface area contributed by atoms with Gasteiger partial charge in [-0.15, -0.1) is 11.8 Å². The molecule has 0 fully saturated rings. The monoisotopic (exact) mass is 255 g/mol. The van der Waals surface area contributed by atoms with Crippen molar-refractivity contribution < 1.29 is 9.84 Å². The van der Waals surface area contributed by atoms with Crippen molar-refractivity contribution in [2.75, 3.05) is 13.7 Å². The summed E-state index contributed by atoms with van der Waals surface area (Å²) in [5.74, 6) is 0.834. The first-order valence-electron chi connectivity index (χ1n) is 5.80. The van der Waals surface area contributed by atoms with E-state index >= 15 is 0 Å². The Hall–Kier alpha value is -0.710. The lowest BCUT2D eigenvalue weighted by Crippen LogP contribution is -2.10. The molecule has 17 heavy (non-hydrogen) atoms. The fourth-order valence-corrected chi connectivity index (χ4v) is 2.94. The van der Waals surface area contributed by atoms with Gasteiger partial charge in [-0.1, -0.05) is 13.0 Å². The maximum Gasteiger partial charge on any atom is 0.124 e. The van der Waals surface area contributed by atoms with Gasteiger partial charge in [0.05, 0.1) is 7.11 Å². The average Bonchev–Trinajstić information content (AvgIpc) is 2.28. The molecule has 1 aromatic carbocycles. The molecule has 1 aromatic rings. The molecule has 0 amide bonds. The number of rotatable bonds is 6. The molecule has 0 heterocycles. The number of benzene rings is 1. The smallest absolute Gasteiger partial charge is 0.124 e. The van der Waals surface area contributed by atoms with Gasteiger partial charge < -0.3 is 15.6 Å². The van der Waals surface area contributed by atoms with Crippen LogP contribution in [0.4, 0.5) is 0 Å². The molecule has 2 atom stereocenters. The topological polar surface area (TPSA) is 55.5 Å². The van der Waals surface area contributed by atoms with E-state index in [1.54, 1.807) is 18.9 Å². The van der Waals surface area contributed by atoms with Crippen molar-refractivity contribution in [3.63, 3.8) is 0 Å². The van der Waals surface area contributed by atoms with Gasteiger partial charge in [-0.2, -0.15) is 0 Å². The van der Waals surface area contributed by atoms with E-state index in [4.69, 9.17) is 15.6 Å². The molecule has 1 unspecified atom stereocenters. The minimum Gasteiger partial charge on any atom is -0.496 e. The summed E-state index contributed by atoms with van der Waals surface area (Å²) in [4.78, 5) is 1.14. The highest BCUT2D eigenvalue weighted by Gasteiger charge is 2.15. The predicted octanol–water partition coefficient (Wildman–Crippen LogP) is 2.58. The van der Waals surface area contributed by atoms with Gasteiger partial charge >= 0.3 is 0 Å². The molecule has 4 heteroatoms. The van der Waals surface area contributed by atoms with E-state index in [9.17, 15) is 0 Å². The molecule has 0 bridgehead atoms. The Labute approximate surface area is 107 Å². The standard InChI is InChI=1S/C13H21NO2S/c1-9(7-8-15)17-12-6-4-5-11(16-3)13(12)10(2)14/h4-6,9-10,15H,7-8,14H2,1-3H3/t9?,10-/m0/s1. The second-order valence-corrected chi connectivity index (χ2v) is 5.58. The van der Waals surface area contributed by atoms with E-state index in [0.29, 0.717) is 5.25 Å². The highest BCUT2D eigenvalue weighted by molar-refractivity contribution is 8.00. The highest BCUT2D eigenvalue weighted by Crippen LogP contribution is 2.36. The van der Waals surface area contributed by atoms with Crippen molar-refractivity contribution in [1.29, 1.82) is 0 Å². The predicted molar refractivity (Wildman–Crippen MR) is 72.6 cm³/mol. The maximum absolute atomic E-state index is 8.93. The summed E-state index contributed by atoms with van der Waals surface area (Å²) in [5.41, 5.74) is 7.04. The van der Waals surface area contributed by atoms with Gasteiger partial charge in [0.25, 0.3) is 0 Å². The third kappa shape index (κ3) is 3.91. The Morgan fingerprint density at radius 3 is 2.65 bits per heavy atom. The number of hydrogen-bond acceptors (Lipinski definition) is 4. The summed E-state index contributed by atoms with van der Waals surface area (Å²) < 4.78 is 5.35. The second kappa shape index (κ2) is 6.89. The zero-order valence-corrected chi connectivity index (χ0v) is 11.5. The Morgan fingerprint density at radius 2 is 2.12 bits per heavy atom. The normalized spacial score (nSPS) is 14.4. The Bertz CT molecular complexity index is 355. The molecule has 0 aliphatic carbocycles. The molecule has 0 aromatic heterocycles. The summed E-state index contributed by atoms with van der Waals surface area (Å²) in [6, 6.07) is 5.90. The highest BCUT2D eigenvalue weighted by atomic mass is 32.2. The van der Waals surface area contributed by atoms with Crippen LogP contribution < -0.4 is 10.5 Å². The van der Waals surface area contributed by atoms with E-state index in [1.165, 1.54) is 0 Å². The minimum absolute atomic E-state index is 0.0602. The molecule has 0 radical (unpaired) electrons. The second-order valence-electron chi connectivity index (χ2n) is 4.10. The molecule has 3 N–H and O–H groups in total. The number of hydrogen-bond donors (Lipinski definition) is 2. The van der Waals surface area contributed by atoms with Crippen molar-refractivity contribution in [1.82, 2.24) is 0 Å². The first kappa shape index (κ1) is 14.4. The lowest BCUT2D eigenvalue weighted by molar-refractivity contribution is 0.289. The summed E-state index contributed by atoms with van der Waals surface area (Å²) in [6.45, 7) is 4.27. The molecule has 0 saturated carbocycles. The summed E-state index contributed by atoms with van der Waals surface area (Å²) in [6.07, 6.45) is 0.778. The number of nitrogens with two attached hydrogens (primary N) is 1. The number of aliphatic hydroxyl groups is 1. The third-order valence-electron chi connectivity index (χ3n) is 2.57. The van der Waals surface area contributed by atoms with E-state index in [0.717, 1.165) is 22.6 Å². The van der Waals surface area contributed by atoms with Crippen LogP contribution in [0.3, 0.4) is 0 Å². The van der Waals surface area contributed by atoms with E-state index in [-0.39, 0.29) is 12.6 Å². The first-order chi connectivity index (χ1) is 8.10. The maximum atomic E-state index is 8.93. The molecule has 0 aliphatic rings. The largest absolute Gasteiger partial charge is 0.496 e. The third-order valence-corrected chi connectivity index (χ3v) is 3.81. The SMILES string of the molecule is COc1cccc(SC(C)CCO)c1[C@H](C)N. The molecule has 0 spiro atoms. The molecule has 1 rings (SSSR count). The Kier molecular flexibility index (Phi) is 5.82. The van der Waals surface area contributed by atoms with Crippen LogP contribution in [0.5, 0.6) is 5.75 Å². The van der Waals surface area contributed by atoms with Crippen molar-refractivity contribution >= 4 is 11.8 Å². The molecule has 0 saturated heterocycles. The average molecular weight is 255 g/mol. The van der Waals surface area contributed by atoms with Gasteiger partial charge in [-0.05, 0) is 25.5 Å². The first-order valence-corrected chi connectivity index (χ1v) is 6.68. The quantitative estimate of drug-likeness (QED) is 0.767. The minimum atomic E-state index is -0.0602. The van der Waals surface area contributed by atoms with Crippen LogP contribution >= 0.6 is 11.8 Å². The molecule has 0 aliphatic heterocycles. The summed E-state index contributed by atoms with van der Waals surface area (Å²) in [7, 11) is 1.66. The van der Waals surface area contributed by atoms with Crippen molar-refractivity contribution in [3.8, 4) is 5.75 Å². The van der Waals surface area contributed by atoms with Crippen LogP contribution in [0.2, 0.25) is 0 Å². The van der Waals surface area contributed by atoms with Gasteiger partial charge in [-0.25, -0.2) is 0 Å². The number of aliphatic hydroxyl groups excluding tert-OH is 1. The van der Waals surface area contributed by atoms with Gasteiger partial charge in [0, 0.05) is 28.4 Å². The zero-order chi connectivity index (χ0) is 12.8. The number of methoxy groups -OCH3 is 1. The zero-order valence-electron chi connectivity index (χ0n) is 10.6. The van der Waals surface area contributed by atoms with Gasteiger partial charge in [0.15, 0.2) is 0 Å². The van der Waals surface area contributed by atoms with Crippen molar-refractivity contribution in [2.24, 2.45) is 5.73 Å². The van der Waals surface area contributed by atoms with Crippen LogP contribution in [0.15, 0.2) is 23.1 Å². The van der Waals surface area contributed by atoms with Gasteiger partial charge in [0.2, 0.25) is 0 Å². The summed E-state index contributed by atoms with van der Waals surface area (Å²) >= 11 is 1.73. The summed E-state index contributed by atoms with van der Waals surface area (Å²) in [5, 5.41) is 9.30. The fourth-order valence-electron chi connectivity index (χ4n) is 1.71. The van der Waals surface area contributed by atoms with Crippen LogP contribution in [0.1, 0.15) is 31.9 Å². The molecular formula is C13H21NO2S. The van der Waals surface area contributed by atoms with Crippen LogP contribution in [0.25, 0.3) is 0 Å². The van der Waals surface area contributed by atoms with E-state index in [2.05, 4.69) is 13.0 Å². The van der Waals surface area contributed by atoms with Crippen LogP contribution in [-0.4, -0.2) is 24.1 Å². The number of thioether (sulfide) groups is 1. The van der Waals surface area contributed by atoms with E-state index < -0.39 is 0 Å². The van der Waals surface area contributed by atoms with E-state index in [1.807, 2.05) is 19.1 Å².